The first-order valence-corrected chi connectivity index (χ1v) is 15.1. The van der Waals surface area contributed by atoms with Crippen LogP contribution in [0.4, 0.5) is 11.4 Å². The monoisotopic (exact) mass is 615 g/mol. The van der Waals surface area contributed by atoms with E-state index in [2.05, 4.69) is 26.6 Å². The smallest absolute Gasteiger partial charge is 0.248 e. The zero-order valence-corrected chi connectivity index (χ0v) is 24.6. The summed E-state index contributed by atoms with van der Waals surface area (Å²) in [6.45, 7) is 3.73. The highest BCUT2D eigenvalue weighted by atomic mass is 79.9. The minimum Gasteiger partial charge on any atom is -0.497 e. The predicted octanol–water partition coefficient (Wildman–Crippen LogP) is 4.14. The van der Waals surface area contributed by atoms with Gasteiger partial charge in [-0.3, -0.25) is 14.4 Å². The number of ether oxygens (including phenoxy) is 1. The molecule has 0 aliphatic carbocycles. The number of benzene rings is 2. The second-order valence-corrected chi connectivity index (χ2v) is 13.3. The van der Waals surface area contributed by atoms with Crippen molar-refractivity contribution in [3.8, 4) is 5.75 Å². The molecule has 3 saturated heterocycles. The fourth-order valence-corrected chi connectivity index (χ4v) is 10.1. The Hall–Kier alpha value is -2.56. The SMILES string of the molecule is CC[C@H](C)[C@H](CO)N1C(=O)[C@@H]2[C@H](C(=O)Nc3ccccc3)[C@H]3SC2(CC3Br)C1C(=O)Nc1ccc(OC)cc1. The zero-order chi connectivity index (χ0) is 27.9. The lowest BCUT2D eigenvalue weighted by molar-refractivity contribution is -0.142. The second-order valence-electron chi connectivity index (χ2n) is 10.6. The molecule has 3 N–H and O–H groups in total. The molecule has 3 heterocycles. The highest BCUT2D eigenvalue weighted by Gasteiger charge is 2.76. The van der Waals surface area contributed by atoms with Crippen LogP contribution in [0.25, 0.3) is 0 Å². The van der Waals surface area contributed by atoms with Gasteiger partial charge in [0.05, 0.1) is 36.3 Å². The van der Waals surface area contributed by atoms with Crippen LogP contribution >= 0.6 is 27.7 Å². The number of rotatable bonds is 9. The van der Waals surface area contributed by atoms with Gasteiger partial charge in [0.25, 0.3) is 0 Å². The molecule has 3 aliphatic heterocycles. The zero-order valence-electron chi connectivity index (χ0n) is 22.2. The lowest BCUT2D eigenvalue weighted by Gasteiger charge is -2.39. The van der Waals surface area contributed by atoms with Gasteiger partial charge in [0.15, 0.2) is 0 Å². The van der Waals surface area contributed by atoms with Gasteiger partial charge in [0.1, 0.15) is 11.8 Å². The largest absolute Gasteiger partial charge is 0.497 e. The number of alkyl halides is 1. The van der Waals surface area contributed by atoms with Gasteiger partial charge in [-0.15, -0.1) is 11.8 Å². The first-order valence-electron chi connectivity index (χ1n) is 13.3. The van der Waals surface area contributed by atoms with Crippen LogP contribution in [-0.2, 0) is 14.4 Å². The van der Waals surface area contributed by atoms with Gasteiger partial charge < -0.3 is 25.4 Å². The molecule has 2 aromatic rings. The molecule has 208 valence electrons. The summed E-state index contributed by atoms with van der Waals surface area (Å²) >= 11 is 5.37. The third-order valence-electron chi connectivity index (χ3n) is 8.52. The van der Waals surface area contributed by atoms with Crippen molar-refractivity contribution >= 4 is 56.8 Å². The fourth-order valence-electron chi connectivity index (χ4n) is 6.47. The number of aliphatic hydroxyl groups excluding tert-OH is 1. The Morgan fingerprint density at radius 1 is 1.13 bits per heavy atom. The summed E-state index contributed by atoms with van der Waals surface area (Å²) in [5, 5.41) is 16.3. The molecule has 10 heteroatoms. The number of nitrogens with one attached hydrogen (secondary N) is 2. The van der Waals surface area contributed by atoms with E-state index in [4.69, 9.17) is 4.74 Å². The number of hydrogen-bond acceptors (Lipinski definition) is 6. The third kappa shape index (κ3) is 4.74. The van der Waals surface area contributed by atoms with E-state index in [1.807, 2.05) is 44.2 Å². The summed E-state index contributed by atoms with van der Waals surface area (Å²) < 4.78 is 4.43. The topological polar surface area (TPSA) is 108 Å². The first kappa shape index (κ1) is 28.0. The summed E-state index contributed by atoms with van der Waals surface area (Å²) in [5.41, 5.74) is 1.25. The summed E-state index contributed by atoms with van der Waals surface area (Å²) in [6.07, 6.45) is 1.30. The van der Waals surface area contributed by atoms with E-state index in [1.54, 1.807) is 48.0 Å². The highest BCUT2D eigenvalue weighted by molar-refractivity contribution is 9.09. The van der Waals surface area contributed by atoms with Gasteiger partial charge in [-0.2, -0.15) is 0 Å². The number of likely N-dealkylation sites (tertiary alicyclic amines) is 1. The number of thioether (sulfide) groups is 1. The maximum atomic E-state index is 14.3. The van der Waals surface area contributed by atoms with Crippen molar-refractivity contribution in [2.45, 2.75) is 53.6 Å². The molecule has 8 nitrogen and oxygen atoms in total. The fraction of sp³-hybridized carbons (Fsp3) is 0.483. The van der Waals surface area contributed by atoms with Crippen LogP contribution in [0.15, 0.2) is 54.6 Å². The molecular formula is C29H34BrN3O5S. The number of aliphatic hydroxyl groups is 1. The molecule has 0 radical (unpaired) electrons. The molecule has 2 bridgehead atoms. The van der Waals surface area contributed by atoms with E-state index in [1.165, 1.54) is 0 Å². The quantitative estimate of drug-likeness (QED) is 0.366. The van der Waals surface area contributed by atoms with Crippen LogP contribution in [0.3, 0.4) is 0 Å². The molecule has 3 amide bonds. The van der Waals surface area contributed by atoms with Gasteiger partial charge in [0, 0.05) is 21.5 Å². The second kappa shape index (κ2) is 11.1. The number of methoxy groups -OCH3 is 1. The molecule has 3 aliphatic rings. The summed E-state index contributed by atoms with van der Waals surface area (Å²) in [5.74, 6) is -1.41. The number of carbonyl (C=O) groups is 3. The molecule has 5 rings (SSSR count). The number of amides is 3. The van der Waals surface area contributed by atoms with Gasteiger partial charge in [0.2, 0.25) is 17.7 Å². The minimum absolute atomic E-state index is 0.0366. The van der Waals surface area contributed by atoms with E-state index < -0.39 is 28.7 Å². The lowest BCUT2D eigenvalue weighted by atomic mass is 9.70. The Morgan fingerprint density at radius 3 is 2.38 bits per heavy atom. The Labute approximate surface area is 241 Å². The average molecular weight is 617 g/mol. The van der Waals surface area contributed by atoms with Crippen molar-refractivity contribution in [1.29, 1.82) is 0 Å². The molecular weight excluding hydrogens is 582 g/mol. The third-order valence-corrected chi connectivity index (χ3v) is 11.7. The van der Waals surface area contributed by atoms with E-state index in [0.717, 1.165) is 6.42 Å². The number of hydrogen-bond donors (Lipinski definition) is 3. The van der Waals surface area contributed by atoms with E-state index in [-0.39, 0.29) is 40.3 Å². The maximum Gasteiger partial charge on any atom is 0.248 e. The molecule has 1 spiro atoms. The maximum absolute atomic E-state index is 14.3. The van der Waals surface area contributed by atoms with E-state index >= 15 is 0 Å². The van der Waals surface area contributed by atoms with Crippen LogP contribution in [0.1, 0.15) is 26.7 Å². The number of para-hydroxylation sites is 1. The van der Waals surface area contributed by atoms with Crippen molar-refractivity contribution in [1.82, 2.24) is 4.90 Å². The van der Waals surface area contributed by atoms with Crippen molar-refractivity contribution in [2.75, 3.05) is 24.4 Å². The molecule has 2 aromatic carbocycles. The van der Waals surface area contributed by atoms with Crippen LogP contribution < -0.4 is 15.4 Å². The lowest BCUT2D eigenvalue weighted by Crippen LogP contribution is -2.56. The number of nitrogens with zero attached hydrogens (tertiary/aromatic N) is 1. The molecule has 0 aromatic heterocycles. The molecule has 3 fully saturated rings. The van der Waals surface area contributed by atoms with Crippen LogP contribution in [-0.4, -0.2) is 68.4 Å². The van der Waals surface area contributed by atoms with Crippen molar-refractivity contribution < 1.29 is 24.2 Å². The summed E-state index contributed by atoms with van der Waals surface area (Å²) in [7, 11) is 1.58. The Bertz CT molecular complexity index is 1230. The molecule has 3 unspecified atom stereocenters. The number of halogens is 1. The molecule has 8 atom stereocenters. The summed E-state index contributed by atoms with van der Waals surface area (Å²) in [4.78, 5) is 43.7. The molecule has 0 saturated carbocycles. The average Bonchev–Trinajstić information content (AvgIpc) is 3.53. The number of anilines is 2. The Morgan fingerprint density at radius 2 is 1.77 bits per heavy atom. The summed E-state index contributed by atoms with van der Waals surface area (Å²) in [6, 6.07) is 14.9. The van der Waals surface area contributed by atoms with Gasteiger partial charge >= 0.3 is 0 Å². The van der Waals surface area contributed by atoms with Crippen molar-refractivity contribution in [3.05, 3.63) is 54.6 Å². The van der Waals surface area contributed by atoms with Crippen LogP contribution in [0.5, 0.6) is 5.75 Å². The highest BCUT2D eigenvalue weighted by Crippen LogP contribution is 2.68. The Kier molecular flexibility index (Phi) is 7.99. The predicted molar refractivity (Wildman–Crippen MR) is 156 cm³/mol. The number of fused-ring (bicyclic) bond motifs is 1. The molecule has 39 heavy (non-hydrogen) atoms. The first-order chi connectivity index (χ1) is 18.7. The van der Waals surface area contributed by atoms with E-state index in [9.17, 15) is 19.5 Å². The normalized spacial score (nSPS) is 30.5. The van der Waals surface area contributed by atoms with Gasteiger partial charge in [-0.05, 0) is 48.7 Å². The van der Waals surface area contributed by atoms with Gasteiger partial charge in [-0.25, -0.2) is 0 Å². The number of carbonyl (C=O) groups excluding carboxylic acids is 3. The van der Waals surface area contributed by atoms with Gasteiger partial charge in [-0.1, -0.05) is 54.4 Å². The Balaban J connectivity index is 1.53. The van der Waals surface area contributed by atoms with Crippen LogP contribution in [0, 0.1) is 17.8 Å². The van der Waals surface area contributed by atoms with Crippen molar-refractivity contribution in [2.24, 2.45) is 17.8 Å². The van der Waals surface area contributed by atoms with Crippen LogP contribution in [0.2, 0.25) is 0 Å². The standard InChI is InChI=1S/C29H34BrN3O5S/c1-4-16(2)21(15-34)33-25(27(36)32-18-10-12-19(38-3)13-11-18)29-14-20(30)24(39-29)22(23(29)28(33)37)26(35)31-17-8-6-5-7-9-17/h5-13,16,20-25,34H,4,14-15H2,1-3H3,(H,31,35)(H,32,36)/t16-,20?,21-,22-,23-,24-,25?,29?/m0/s1. The van der Waals surface area contributed by atoms with Crippen molar-refractivity contribution in [3.63, 3.8) is 0 Å². The van der Waals surface area contributed by atoms with E-state index in [0.29, 0.717) is 23.5 Å². The minimum atomic E-state index is -0.840.